The summed E-state index contributed by atoms with van der Waals surface area (Å²) in [5, 5.41) is 8.31. The number of benzene rings is 1. The molecule has 1 aliphatic carbocycles. The van der Waals surface area contributed by atoms with Crippen LogP contribution in [0, 0.1) is 0 Å². The molecule has 1 aromatic carbocycles. The first-order valence-corrected chi connectivity index (χ1v) is 8.26. The van der Waals surface area contributed by atoms with Gasteiger partial charge in [-0.15, -0.1) is 11.3 Å². The van der Waals surface area contributed by atoms with E-state index >= 15 is 0 Å². The Kier molecular flexibility index (Phi) is 4.36. The largest absolute Gasteiger partial charge is 0.326 e. The summed E-state index contributed by atoms with van der Waals surface area (Å²) < 4.78 is 0. The summed E-state index contributed by atoms with van der Waals surface area (Å²) in [6.45, 7) is 0.807. The van der Waals surface area contributed by atoms with Gasteiger partial charge in [0.1, 0.15) is 0 Å². The van der Waals surface area contributed by atoms with Gasteiger partial charge in [-0.3, -0.25) is 4.79 Å². The Morgan fingerprint density at radius 3 is 3.14 bits per heavy atom. The lowest BCUT2D eigenvalue weighted by Crippen LogP contribution is -2.23. The van der Waals surface area contributed by atoms with E-state index in [-0.39, 0.29) is 11.8 Å². The van der Waals surface area contributed by atoms with Crippen LogP contribution in [0.3, 0.4) is 0 Å². The topological polar surface area (TPSA) is 41.1 Å². The van der Waals surface area contributed by atoms with E-state index in [0.717, 1.165) is 31.5 Å². The molecule has 1 heterocycles. The predicted molar refractivity (Wildman–Crippen MR) is 87.8 cm³/mol. The van der Waals surface area contributed by atoms with Gasteiger partial charge in [-0.25, -0.2) is 0 Å². The van der Waals surface area contributed by atoms with Crippen LogP contribution in [0.2, 0.25) is 0 Å². The van der Waals surface area contributed by atoms with Crippen molar-refractivity contribution in [2.45, 2.75) is 31.7 Å². The minimum Gasteiger partial charge on any atom is -0.326 e. The summed E-state index contributed by atoms with van der Waals surface area (Å²) in [6, 6.07) is 10.1. The van der Waals surface area contributed by atoms with Gasteiger partial charge < -0.3 is 10.6 Å². The highest BCUT2D eigenvalue weighted by Gasteiger charge is 2.27. The van der Waals surface area contributed by atoms with Crippen molar-refractivity contribution in [3.05, 3.63) is 51.7 Å². The number of aryl methyl sites for hydroxylation is 1. The fourth-order valence-electron chi connectivity index (χ4n) is 2.95. The lowest BCUT2D eigenvalue weighted by atomic mass is 9.87. The maximum atomic E-state index is 12.6. The van der Waals surface area contributed by atoms with Crippen LogP contribution in [0.15, 0.2) is 35.7 Å². The van der Waals surface area contributed by atoms with Crippen molar-refractivity contribution < 1.29 is 4.79 Å². The number of anilines is 1. The van der Waals surface area contributed by atoms with Gasteiger partial charge in [0.2, 0.25) is 5.91 Å². The Labute approximate surface area is 129 Å². The Morgan fingerprint density at radius 2 is 2.29 bits per heavy atom. The first-order chi connectivity index (χ1) is 10.3. The number of thiophene rings is 1. The van der Waals surface area contributed by atoms with Crippen LogP contribution in [-0.2, 0) is 17.8 Å². The third-order valence-corrected chi connectivity index (χ3v) is 4.94. The maximum absolute atomic E-state index is 12.6. The van der Waals surface area contributed by atoms with Crippen molar-refractivity contribution in [1.29, 1.82) is 0 Å². The predicted octanol–water partition coefficient (Wildman–Crippen LogP) is 3.53. The molecule has 2 N–H and O–H groups in total. The van der Waals surface area contributed by atoms with E-state index < -0.39 is 0 Å². The number of fused-ring (bicyclic) bond motifs is 1. The molecule has 4 heteroatoms. The van der Waals surface area contributed by atoms with Crippen LogP contribution < -0.4 is 10.6 Å². The number of amides is 1. The molecule has 2 aromatic rings. The standard InChI is InChI=1S/C17H20N2OS/c1-18-11-12-4-2-5-13(10-12)19-17(20)15-6-3-7-16-14(15)8-9-21-16/h2,4-5,8-10,15,18H,3,6-7,11H2,1H3,(H,19,20). The highest BCUT2D eigenvalue weighted by molar-refractivity contribution is 7.10. The van der Waals surface area contributed by atoms with Gasteiger partial charge in [0.05, 0.1) is 5.92 Å². The highest BCUT2D eigenvalue weighted by atomic mass is 32.1. The van der Waals surface area contributed by atoms with Crippen molar-refractivity contribution in [3.63, 3.8) is 0 Å². The van der Waals surface area contributed by atoms with E-state index in [1.165, 1.54) is 16.0 Å². The van der Waals surface area contributed by atoms with Gasteiger partial charge in [0.25, 0.3) is 0 Å². The lowest BCUT2D eigenvalue weighted by Gasteiger charge is -2.22. The first-order valence-electron chi connectivity index (χ1n) is 7.38. The quantitative estimate of drug-likeness (QED) is 0.907. The summed E-state index contributed by atoms with van der Waals surface area (Å²) in [5.74, 6) is 0.129. The van der Waals surface area contributed by atoms with E-state index in [4.69, 9.17) is 0 Å². The molecule has 3 nitrogen and oxygen atoms in total. The van der Waals surface area contributed by atoms with Gasteiger partial charge >= 0.3 is 0 Å². The Balaban J connectivity index is 1.74. The van der Waals surface area contributed by atoms with Gasteiger partial charge in [-0.2, -0.15) is 0 Å². The van der Waals surface area contributed by atoms with E-state index in [0.29, 0.717) is 0 Å². The summed E-state index contributed by atoms with van der Waals surface area (Å²) in [5.41, 5.74) is 3.29. The van der Waals surface area contributed by atoms with E-state index in [2.05, 4.69) is 28.1 Å². The molecule has 0 bridgehead atoms. The first kappa shape index (κ1) is 14.3. The molecule has 1 aliphatic rings. The molecule has 110 valence electrons. The van der Waals surface area contributed by atoms with Gasteiger partial charge in [-0.1, -0.05) is 12.1 Å². The minimum atomic E-state index is 0.00737. The van der Waals surface area contributed by atoms with Gasteiger partial charge in [0.15, 0.2) is 0 Å². The monoisotopic (exact) mass is 300 g/mol. The summed E-state index contributed by atoms with van der Waals surface area (Å²) >= 11 is 1.77. The van der Waals surface area contributed by atoms with E-state index in [1.807, 2.05) is 25.2 Å². The molecule has 0 aliphatic heterocycles. The van der Waals surface area contributed by atoms with Crippen molar-refractivity contribution in [2.75, 3.05) is 12.4 Å². The Bertz CT molecular complexity index is 635. The molecule has 0 radical (unpaired) electrons. The summed E-state index contributed by atoms with van der Waals surface area (Å²) in [4.78, 5) is 14.0. The number of hydrogen-bond acceptors (Lipinski definition) is 3. The van der Waals surface area contributed by atoms with Crippen LogP contribution in [0.4, 0.5) is 5.69 Å². The van der Waals surface area contributed by atoms with Crippen molar-refractivity contribution >= 4 is 22.9 Å². The van der Waals surface area contributed by atoms with Crippen LogP contribution in [0.1, 0.15) is 34.8 Å². The van der Waals surface area contributed by atoms with Crippen LogP contribution >= 0.6 is 11.3 Å². The third-order valence-electron chi connectivity index (χ3n) is 3.94. The zero-order valence-corrected chi connectivity index (χ0v) is 13.0. The Hall–Kier alpha value is -1.65. The summed E-state index contributed by atoms with van der Waals surface area (Å²) in [7, 11) is 1.92. The zero-order valence-electron chi connectivity index (χ0n) is 12.2. The van der Waals surface area contributed by atoms with E-state index in [1.54, 1.807) is 11.3 Å². The second-order valence-corrected chi connectivity index (χ2v) is 6.46. The van der Waals surface area contributed by atoms with Crippen LogP contribution in [0.25, 0.3) is 0 Å². The molecule has 1 atom stereocenters. The van der Waals surface area contributed by atoms with Gasteiger partial charge in [0, 0.05) is 17.1 Å². The average Bonchev–Trinajstić information content (AvgIpc) is 2.96. The van der Waals surface area contributed by atoms with Crippen molar-refractivity contribution in [3.8, 4) is 0 Å². The van der Waals surface area contributed by atoms with E-state index in [9.17, 15) is 4.79 Å². The number of nitrogens with one attached hydrogen (secondary N) is 2. The number of carbonyl (C=O) groups is 1. The van der Waals surface area contributed by atoms with Crippen LogP contribution in [0.5, 0.6) is 0 Å². The average molecular weight is 300 g/mol. The zero-order chi connectivity index (χ0) is 14.7. The molecule has 0 saturated carbocycles. The second-order valence-electron chi connectivity index (χ2n) is 5.46. The molecule has 0 saturated heterocycles. The minimum absolute atomic E-state index is 0.00737. The maximum Gasteiger partial charge on any atom is 0.231 e. The third kappa shape index (κ3) is 3.17. The van der Waals surface area contributed by atoms with Crippen LogP contribution in [-0.4, -0.2) is 13.0 Å². The fraction of sp³-hybridized carbons (Fsp3) is 0.353. The molecule has 1 amide bonds. The van der Waals surface area contributed by atoms with Crippen molar-refractivity contribution in [1.82, 2.24) is 5.32 Å². The molecular formula is C17H20N2OS. The molecular weight excluding hydrogens is 280 g/mol. The number of rotatable bonds is 4. The SMILES string of the molecule is CNCc1cccc(NC(=O)C2CCCc3sccc32)c1. The molecule has 21 heavy (non-hydrogen) atoms. The Morgan fingerprint density at radius 1 is 1.38 bits per heavy atom. The molecule has 0 fully saturated rings. The van der Waals surface area contributed by atoms with Crippen molar-refractivity contribution in [2.24, 2.45) is 0 Å². The molecule has 1 aromatic heterocycles. The second kappa shape index (κ2) is 6.41. The molecule has 1 unspecified atom stereocenters. The summed E-state index contributed by atoms with van der Waals surface area (Å²) in [6.07, 6.45) is 3.17. The lowest BCUT2D eigenvalue weighted by molar-refractivity contribution is -0.117. The normalized spacial score (nSPS) is 17.3. The highest BCUT2D eigenvalue weighted by Crippen LogP contribution is 2.35. The fourth-order valence-corrected chi connectivity index (χ4v) is 3.94. The number of carbonyl (C=O) groups excluding carboxylic acids is 1. The smallest absolute Gasteiger partial charge is 0.231 e. The van der Waals surface area contributed by atoms with Gasteiger partial charge in [-0.05, 0) is 61.0 Å². The molecule has 0 spiro atoms. The number of hydrogen-bond donors (Lipinski definition) is 2. The molecule has 3 rings (SSSR count).